The van der Waals surface area contributed by atoms with Gasteiger partial charge in [0.2, 0.25) is 5.91 Å². The van der Waals surface area contributed by atoms with Crippen LogP contribution in [0, 0.1) is 11.3 Å². The second-order valence-corrected chi connectivity index (χ2v) is 8.07. The van der Waals surface area contributed by atoms with E-state index in [1.165, 1.54) is 0 Å². The summed E-state index contributed by atoms with van der Waals surface area (Å²) in [6.07, 6.45) is 1.15. The largest absolute Gasteiger partial charge is 0.457 e. The van der Waals surface area contributed by atoms with Crippen molar-refractivity contribution < 1.29 is 9.53 Å². The lowest BCUT2D eigenvalue weighted by atomic mass is 9.87. The first-order valence-electron chi connectivity index (χ1n) is 11.1. The van der Waals surface area contributed by atoms with E-state index >= 15 is 0 Å². The van der Waals surface area contributed by atoms with Crippen LogP contribution in [-0.2, 0) is 11.2 Å². The molecule has 0 saturated carbocycles. The average Bonchev–Trinajstić information content (AvgIpc) is 3.20. The van der Waals surface area contributed by atoms with Gasteiger partial charge >= 0.3 is 0 Å². The molecule has 4 aromatic rings. The molecular formula is C27H23N5O2. The number of aromatic nitrogens is 2. The minimum Gasteiger partial charge on any atom is -0.457 e. The molecule has 7 heteroatoms. The van der Waals surface area contributed by atoms with Gasteiger partial charge in [-0.15, -0.1) is 0 Å². The topological polar surface area (TPSA) is 106 Å². The van der Waals surface area contributed by atoms with Gasteiger partial charge in [-0.3, -0.25) is 4.79 Å². The third-order valence-corrected chi connectivity index (χ3v) is 5.94. The van der Waals surface area contributed by atoms with Gasteiger partial charge in [0.25, 0.3) is 0 Å². The number of amides is 1. The van der Waals surface area contributed by atoms with Crippen LogP contribution in [0.3, 0.4) is 0 Å². The van der Waals surface area contributed by atoms with Crippen molar-refractivity contribution in [3.05, 3.63) is 101 Å². The monoisotopic (exact) mass is 449 g/mol. The molecule has 1 amide bonds. The van der Waals surface area contributed by atoms with Crippen molar-refractivity contribution in [1.82, 2.24) is 15.1 Å². The van der Waals surface area contributed by atoms with Gasteiger partial charge in [-0.05, 0) is 37.1 Å². The van der Waals surface area contributed by atoms with E-state index in [-0.39, 0.29) is 5.91 Å². The summed E-state index contributed by atoms with van der Waals surface area (Å²) in [7, 11) is 0. The quantitative estimate of drug-likeness (QED) is 0.427. The SMILES string of the molecule is N#Cc1c(CCCNC(=O)C2c3ccccc3Oc3ccccc32)nn(-c2ccccc2)c1N. The van der Waals surface area contributed by atoms with Crippen LogP contribution in [0.4, 0.5) is 5.82 Å². The lowest BCUT2D eigenvalue weighted by Crippen LogP contribution is -2.32. The van der Waals surface area contributed by atoms with Gasteiger partial charge in [0.1, 0.15) is 28.9 Å². The van der Waals surface area contributed by atoms with E-state index in [1.807, 2.05) is 78.9 Å². The Morgan fingerprint density at radius 2 is 1.62 bits per heavy atom. The maximum Gasteiger partial charge on any atom is 0.232 e. The van der Waals surface area contributed by atoms with Gasteiger partial charge in [0.05, 0.1) is 17.3 Å². The molecule has 0 spiro atoms. The van der Waals surface area contributed by atoms with Crippen molar-refractivity contribution in [2.45, 2.75) is 18.8 Å². The highest BCUT2D eigenvalue weighted by atomic mass is 16.5. The predicted octanol–water partition coefficient (Wildman–Crippen LogP) is 4.31. The van der Waals surface area contributed by atoms with Crippen LogP contribution in [0.2, 0.25) is 0 Å². The summed E-state index contributed by atoms with van der Waals surface area (Å²) < 4.78 is 7.57. The number of hydrogen-bond donors (Lipinski definition) is 2. The number of anilines is 1. The van der Waals surface area contributed by atoms with E-state index in [4.69, 9.17) is 10.5 Å². The van der Waals surface area contributed by atoms with Crippen LogP contribution in [0.25, 0.3) is 5.69 Å². The number of rotatable bonds is 6. The van der Waals surface area contributed by atoms with Crippen LogP contribution in [0.15, 0.2) is 78.9 Å². The molecule has 5 rings (SSSR count). The summed E-state index contributed by atoms with van der Waals surface area (Å²) in [5.74, 6) is 1.19. The first kappa shape index (κ1) is 21.3. The van der Waals surface area contributed by atoms with E-state index in [0.717, 1.165) is 16.8 Å². The Balaban J connectivity index is 1.28. The van der Waals surface area contributed by atoms with Crippen molar-refractivity contribution >= 4 is 11.7 Å². The molecule has 0 bridgehead atoms. The summed E-state index contributed by atoms with van der Waals surface area (Å²) in [6.45, 7) is 0.448. The van der Waals surface area contributed by atoms with Gasteiger partial charge in [0, 0.05) is 17.7 Å². The Labute approximate surface area is 197 Å². The van der Waals surface area contributed by atoms with E-state index in [0.29, 0.717) is 48.0 Å². The van der Waals surface area contributed by atoms with E-state index in [9.17, 15) is 10.1 Å². The van der Waals surface area contributed by atoms with Crippen LogP contribution in [-0.4, -0.2) is 22.2 Å². The molecule has 0 atom stereocenters. The third-order valence-electron chi connectivity index (χ3n) is 5.94. The van der Waals surface area contributed by atoms with Crippen molar-refractivity contribution in [1.29, 1.82) is 5.26 Å². The number of nitriles is 1. The molecular weight excluding hydrogens is 426 g/mol. The fraction of sp³-hybridized carbons (Fsp3) is 0.148. The van der Waals surface area contributed by atoms with Gasteiger partial charge < -0.3 is 15.8 Å². The predicted molar refractivity (Wildman–Crippen MR) is 129 cm³/mol. The average molecular weight is 450 g/mol. The number of nitrogen functional groups attached to an aromatic ring is 1. The number of para-hydroxylation sites is 3. The first-order chi connectivity index (χ1) is 16.7. The molecule has 1 aliphatic heterocycles. The van der Waals surface area contributed by atoms with Crippen molar-refractivity contribution in [2.75, 3.05) is 12.3 Å². The summed E-state index contributed by atoms with van der Waals surface area (Å²) in [6, 6.07) is 26.9. The molecule has 0 aliphatic carbocycles. The lowest BCUT2D eigenvalue weighted by molar-refractivity contribution is -0.121. The van der Waals surface area contributed by atoms with Crippen LogP contribution < -0.4 is 15.8 Å². The Morgan fingerprint density at radius 3 is 2.26 bits per heavy atom. The molecule has 168 valence electrons. The highest BCUT2D eigenvalue weighted by Gasteiger charge is 2.32. The number of ether oxygens (including phenoxy) is 1. The molecule has 0 saturated heterocycles. The molecule has 0 unspecified atom stereocenters. The Bertz CT molecular complexity index is 1340. The van der Waals surface area contributed by atoms with Crippen LogP contribution >= 0.6 is 0 Å². The molecule has 2 heterocycles. The minimum atomic E-state index is -0.441. The number of hydrogen-bond acceptors (Lipinski definition) is 5. The number of carbonyl (C=O) groups is 1. The van der Waals surface area contributed by atoms with Crippen LogP contribution in [0.1, 0.15) is 34.7 Å². The molecule has 3 aromatic carbocycles. The summed E-state index contributed by atoms with van der Waals surface area (Å²) in [5.41, 5.74) is 9.68. The zero-order valence-corrected chi connectivity index (χ0v) is 18.4. The minimum absolute atomic E-state index is 0.0852. The number of fused-ring (bicyclic) bond motifs is 2. The molecule has 34 heavy (non-hydrogen) atoms. The van der Waals surface area contributed by atoms with Gasteiger partial charge in [-0.2, -0.15) is 10.4 Å². The summed E-state index contributed by atoms with van der Waals surface area (Å²) in [4.78, 5) is 13.2. The standard InChI is InChI=1S/C27H23N5O2/c28-17-21-22(31-32(26(21)29)18-9-2-1-3-10-18)13-8-16-30-27(33)25-19-11-4-6-14-23(19)34-24-15-7-5-12-20(24)25/h1-7,9-12,14-15,25H,8,13,16,29H2,(H,30,33). The number of nitrogens with one attached hydrogen (secondary N) is 1. The van der Waals surface area contributed by atoms with Gasteiger partial charge in [-0.25, -0.2) is 4.68 Å². The lowest BCUT2D eigenvalue weighted by Gasteiger charge is -2.27. The normalized spacial score (nSPS) is 12.2. The molecule has 0 radical (unpaired) electrons. The fourth-order valence-electron chi connectivity index (χ4n) is 4.30. The zero-order valence-electron chi connectivity index (χ0n) is 18.4. The Morgan fingerprint density at radius 1 is 1.00 bits per heavy atom. The van der Waals surface area contributed by atoms with Crippen molar-refractivity contribution in [2.24, 2.45) is 0 Å². The van der Waals surface area contributed by atoms with Gasteiger partial charge in [-0.1, -0.05) is 54.6 Å². The van der Waals surface area contributed by atoms with Crippen molar-refractivity contribution in [3.8, 4) is 23.3 Å². The molecule has 3 N–H and O–H groups in total. The fourth-order valence-corrected chi connectivity index (χ4v) is 4.30. The summed E-state index contributed by atoms with van der Waals surface area (Å²) >= 11 is 0. The highest BCUT2D eigenvalue weighted by molar-refractivity contribution is 5.89. The van der Waals surface area contributed by atoms with E-state index in [2.05, 4.69) is 16.5 Å². The number of aryl methyl sites for hydroxylation is 1. The maximum absolute atomic E-state index is 13.2. The third kappa shape index (κ3) is 3.86. The first-order valence-corrected chi connectivity index (χ1v) is 11.1. The zero-order chi connectivity index (χ0) is 23.5. The second-order valence-electron chi connectivity index (χ2n) is 8.07. The number of benzene rings is 3. The number of nitrogens with two attached hydrogens (primary N) is 1. The summed E-state index contributed by atoms with van der Waals surface area (Å²) in [5, 5.41) is 17.2. The highest BCUT2D eigenvalue weighted by Crippen LogP contribution is 2.43. The number of carbonyl (C=O) groups excluding carboxylic acids is 1. The van der Waals surface area contributed by atoms with E-state index < -0.39 is 5.92 Å². The molecule has 7 nitrogen and oxygen atoms in total. The molecule has 1 aliphatic rings. The molecule has 0 fully saturated rings. The van der Waals surface area contributed by atoms with E-state index in [1.54, 1.807) is 4.68 Å². The Kier molecular flexibility index (Phi) is 5.71. The van der Waals surface area contributed by atoms with Gasteiger partial charge in [0.15, 0.2) is 0 Å². The van der Waals surface area contributed by atoms with Crippen LogP contribution in [0.5, 0.6) is 11.5 Å². The smallest absolute Gasteiger partial charge is 0.232 e. The Hall–Kier alpha value is -4.57. The maximum atomic E-state index is 13.2. The number of nitrogens with zero attached hydrogens (tertiary/aromatic N) is 3. The molecule has 1 aromatic heterocycles. The second kappa shape index (κ2) is 9.12. The van der Waals surface area contributed by atoms with Crippen molar-refractivity contribution in [3.63, 3.8) is 0 Å².